The molecule has 0 saturated carbocycles. The number of nitrogens with zero attached hydrogens (tertiary/aromatic N) is 6. The second kappa shape index (κ2) is 10.9. The van der Waals surface area contributed by atoms with Crippen molar-refractivity contribution in [1.29, 1.82) is 10.5 Å². The lowest BCUT2D eigenvalue weighted by Crippen LogP contribution is -2.27. The quantitative estimate of drug-likeness (QED) is 0.263. The molecule has 0 N–H and O–H groups in total. The van der Waals surface area contributed by atoms with Crippen molar-refractivity contribution < 1.29 is 14.5 Å². The summed E-state index contributed by atoms with van der Waals surface area (Å²) in [6.45, 7) is 0.867. The van der Waals surface area contributed by atoms with E-state index in [1.165, 1.54) is 19.2 Å². The number of nitro groups is 1. The van der Waals surface area contributed by atoms with E-state index in [-0.39, 0.29) is 29.3 Å². The van der Waals surface area contributed by atoms with E-state index in [2.05, 4.69) is 21.0 Å². The number of esters is 1. The number of rotatable bonds is 9. The molecule has 0 amide bonds. The zero-order chi connectivity index (χ0) is 21.9. The van der Waals surface area contributed by atoms with Crippen molar-refractivity contribution in [3.8, 4) is 12.1 Å². The Balaban J connectivity index is 2.16. The molecular weight excluding hydrogens is 388 g/mol. The summed E-state index contributed by atoms with van der Waals surface area (Å²) in [6.07, 6.45) is 0.500. The normalized spacial score (nSPS) is 10.2. The zero-order valence-corrected chi connectivity index (χ0v) is 16.2. The fourth-order valence-electron chi connectivity index (χ4n) is 2.54. The molecule has 30 heavy (non-hydrogen) atoms. The molecule has 2 aromatic carbocycles. The first-order valence-corrected chi connectivity index (χ1v) is 8.87. The summed E-state index contributed by atoms with van der Waals surface area (Å²) < 4.78 is 4.66. The van der Waals surface area contributed by atoms with Crippen LogP contribution < -0.4 is 4.90 Å². The second-order valence-electron chi connectivity index (χ2n) is 6.01. The van der Waals surface area contributed by atoms with Crippen LogP contribution >= 0.6 is 0 Å². The molecule has 0 bridgehead atoms. The average Bonchev–Trinajstić information content (AvgIpc) is 2.77. The van der Waals surface area contributed by atoms with Crippen LogP contribution in [0.2, 0.25) is 0 Å². The first kappa shape index (κ1) is 22.0. The van der Waals surface area contributed by atoms with Gasteiger partial charge in [-0.05, 0) is 30.3 Å². The molecule has 0 saturated heterocycles. The van der Waals surface area contributed by atoms with Crippen LogP contribution in [-0.4, -0.2) is 31.1 Å². The van der Waals surface area contributed by atoms with E-state index in [1.807, 2.05) is 11.0 Å². The van der Waals surface area contributed by atoms with E-state index in [1.54, 1.807) is 24.3 Å². The minimum absolute atomic E-state index is 0.0510. The van der Waals surface area contributed by atoms with Gasteiger partial charge in [-0.25, -0.2) is 0 Å². The van der Waals surface area contributed by atoms with Crippen LogP contribution in [0.5, 0.6) is 0 Å². The molecule has 0 aliphatic carbocycles. The lowest BCUT2D eigenvalue weighted by Gasteiger charge is -2.23. The number of azo groups is 1. The van der Waals surface area contributed by atoms with Crippen LogP contribution in [0.15, 0.2) is 52.7 Å². The SMILES string of the molecule is COC(=O)CCN(CCC#N)c1ccc(N=Nc2ccc([N+](=O)[O-])cc2C#N)cc1. The summed E-state index contributed by atoms with van der Waals surface area (Å²) in [7, 11) is 1.32. The van der Waals surface area contributed by atoms with Crippen LogP contribution in [0, 0.1) is 32.8 Å². The average molecular weight is 406 g/mol. The highest BCUT2D eigenvalue weighted by molar-refractivity contribution is 5.70. The third-order valence-corrected chi connectivity index (χ3v) is 4.11. The Morgan fingerprint density at radius 1 is 1.17 bits per heavy atom. The predicted molar refractivity (Wildman–Crippen MR) is 108 cm³/mol. The second-order valence-corrected chi connectivity index (χ2v) is 6.01. The number of hydrogen-bond donors (Lipinski definition) is 0. The van der Waals surface area contributed by atoms with E-state index in [4.69, 9.17) is 10.5 Å². The fraction of sp³-hybridized carbons (Fsp3) is 0.250. The monoisotopic (exact) mass is 406 g/mol. The molecule has 0 atom stereocenters. The first-order valence-electron chi connectivity index (χ1n) is 8.87. The molecule has 0 unspecified atom stereocenters. The van der Waals surface area contributed by atoms with Gasteiger partial charge in [-0.1, -0.05) is 0 Å². The minimum atomic E-state index is -0.585. The maximum absolute atomic E-state index is 11.4. The summed E-state index contributed by atoms with van der Waals surface area (Å²) >= 11 is 0. The summed E-state index contributed by atoms with van der Waals surface area (Å²) in [5, 5.41) is 36.9. The molecule has 152 valence electrons. The van der Waals surface area contributed by atoms with Gasteiger partial charge in [0.2, 0.25) is 0 Å². The van der Waals surface area contributed by atoms with Gasteiger partial charge in [-0.3, -0.25) is 14.9 Å². The Morgan fingerprint density at radius 2 is 1.90 bits per heavy atom. The molecule has 0 aromatic heterocycles. The molecule has 0 spiro atoms. The summed E-state index contributed by atoms with van der Waals surface area (Å²) in [6, 6.07) is 14.7. The Labute approximate surface area is 172 Å². The number of anilines is 1. The van der Waals surface area contributed by atoms with Gasteiger partial charge in [0, 0.05) is 30.9 Å². The van der Waals surface area contributed by atoms with Crippen LogP contribution in [0.25, 0.3) is 0 Å². The largest absolute Gasteiger partial charge is 0.469 e. The number of nitriles is 2. The van der Waals surface area contributed by atoms with E-state index >= 15 is 0 Å². The maximum Gasteiger partial charge on any atom is 0.307 e. The highest BCUT2D eigenvalue weighted by Gasteiger charge is 2.11. The topological polar surface area (TPSA) is 145 Å². The molecule has 2 rings (SSSR count). The molecule has 0 heterocycles. The lowest BCUT2D eigenvalue weighted by atomic mass is 10.2. The van der Waals surface area contributed by atoms with Crippen molar-refractivity contribution in [2.75, 3.05) is 25.1 Å². The highest BCUT2D eigenvalue weighted by Crippen LogP contribution is 2.27. The third kappa shape index (κ3) is 6.11. The number of non-ortho nitro benzene ring substituents is 1. The van der Waals surface area contributed by atoms with Crippen molar-refractivity contribution >= 4 is 28.7 Å². The molecule has 10 heteroatoms. The van der Waals surface area contributed by atoms with Gasteiger partial charge in [-0.2, -0.15) is 15.6 Å². The molecule has 0 radical (unpaired) electrons. The number of benzene rings is 2. The number of methoxy groups -OCH3 is 1. The standard InChI is InChI=1S/C20H18N6O4/c1-30-20(27)9-12-25(11-2-10-21)17-5-3-16(4-6-17)23-24-19-8-7-18(26(28)29)13-15(19)14-22/h3-8,13H,2,9,11-12H2,1H3. The number of ether oxygens (including phenoxy) is 1. The molecular formula is C20H18N6O4. The Hall–Kier alpha value is -4.31. The van der Waals surface area contributed by atoms with Gasteiger partial charge >= 0.3 is 5.97 Å². The van der Waals surface area contributed by atoms with E-state index in [0.29, 0.717) is 25.2 Å². The van der Waals surface area contributed by atoms with Crippen molar-refractivity contribution in [3.63, 3.8) is 0 Å². The van der Waals surface area contributed by atoms with Gasteiger partial charge in [0.25, 0.3) is 5.69 Å². The van der Waals surface area contributed by atoms with Crippen LogP contribution in [0.1, 0.15) is 18.4 Å². The lowest BCUT2D eigenvalue weighted by molar-refractivity contribution is -0.384. The maximum atomic E-state index is 11.4. The number of carbonyl (C=O) groups is 1. The molecule has 0 aliphatic rings. The summed E-state index contributed by atoms with van der Waals surface area (Å²) in [4.78, 5) is 23.5. The van der Waals surface area contributed by atoms with Crippen molar-refractivity contribution in [1.82, 2.24) is 0 Å². The van der Waals surface area contributed by atoms with Crippen LogP contribution in [0.4, 0.5) is 22.7 Å². The Kier molecular flexibility index (Phi) is 7.97. The molecule has 0 fully saturated rings. The summed E-state index contributed by atoms with van der Waals surface area (Å²) in [5.41, 5.74) is 1.39. The Bertz CT molecular complexity index is 1020. The van der Waals surface area contributed by atoms with Crippen molar-refractivity contribution in [3.05, 3.63) is 58.1 Å². The van der Waals surface area contributed by atoms with Crippen molar-refractivity contribution in [2.24, 2.45) is 10.2 Å². The van der Waals surface area contributed by atoms with Gasteiger partial charge in [0.05, 0.1) is 42.2 Å². The van der Waals surface area contributed by atoms with Gasteiger partial charge in [-0.15, -0.1) is 5.11 Å². The third-order valence-electron chi connectivity index (χ3n) is 4.11. The molecule has 0 aliphatic heterocycles. The van der Waals surface area contributed by atoms with Gasteiger partial charge in [0.1, 0.15) is 11.8 Å². The first-order chi connectivity index (χ1) is 14.5. The molecule has 10 nitrogen and oxygen atoms in total. The smallest absolute Gasteiger partial charge is 0.307 e. The van der Waals surface area contributed by atoms with Gasteiger partial charge in [0.15, 0.2) is 0 Å². The number of hydrogen-bond acceptors (Lipinski definition) is 9. The minimum Gasteiger partial charge on any atom is -0.469 e. The predicted octanol–water partition coefficient (Wildman–Crippen LogP) is 4.17. The fourth-order valence-corrected chi connectivity index (χ4v) is 2.54. The van der Waals surface area contributed by atoms with E-state index < -0.39 is 4.92 Å². The van der Waals surface area contributed by atoms with E-state index in [0.717, 1.165) is 11.8 Å². The van der Waals surface area contributed by atoms with Crippen molar-refractivity contribution in [2.45, 2.75) is 12.8 Å². The number of carbonyl (C=O) groups excluding carboxylic acids is 1. The molecule has 2 aromatic rings. The number of nitro benzene ring substituents is 1. The zero-order valence-electron chi connectivity index (χ0n) is 16.2. The Morgan fingerprint density at radius 3 is 2.50 bits per heavy atom. The van der Waals surface area contributed by atoms with Crippen LogP contribution in [-0.2, 0) is 9.53 Å². The van der Waals surface area contributed by atoms with Crippen LogP contribution in [0.3, 0.4) is 0 Å². The highest BCUT2D eigenvalue weighted by atomic mass is 16.6. The van der Waals surface area contributed by atoms with Gasteiger partial charge < -0.3 is 9.64 Å². The van der Waals surface area contributed by atoms with E-state index in [9.17, 15) is 14.9 Å². The summed E-state index contributed by atoms with van der Waals surface area (Å²) in [5.74, 6) is -0.334.